The van der Waals surface area contributed by atoms with Crippen LogP contribution in [0, 0.1) is 5.92 Å². The first kappa shape index (κ1) is 16.7. The summed E-state index contributed by atoms with van der Waals surface area (Å²) in [5.74, 6) is -0.953. The zero-order valence-electron chi connectivity index (χ0n) is 11.6. The molecule has 0 aromatic rings. The van der Waals surface area contributed by atoms with Crippen LogP contribution in [-0.4, -0.2) is 42.0 Å². The Morgan fingerprint density at radius 2 is 1.78 bits per heavy atom. The first-order valence-corrected chi connectivity index (χ1v) is 5.92. The van der Waals surface area contributed by atoms with Gasteiger partial charge in [-0.25, -0.2) is 9.59 Å². The van der Waals surface area contributed by atoms with E-state index in [1.54, 1.807) is 0 Å². The highest BCUT2D eigenvalue weighted by Crippen LogP contribution is 2.07. The Kier molecular flexibility index (Phi) is 6.68. The molecule has 106 valence electrons. The third-order valence-electron chi connectivity index (χ3n) is 1.82. The van der Waals surface area contributed by atoms with E-state index in [0.717, 1.165) is 0 Å². The van der Waals surface area contributed by atoms with Crippen LogP contribution >= 0.6 is 0 Å². The number of hydrogen-bond acceptors (Lipinski definition) is 4. The van der Waals surface area contributed by atoms with Crippen LogP contribution in [0.15, 0.2) is 0 Å². The van der Waals surface area contributed by atoms with E-state index < -0.39 is 23.7 Å². The molecule has 1 atom stereocenters. The summed E-state index contributed by atoms with van der Waals surface area (Å²) in [6, 6.07) is -1.11. The second-order valence-electron chi connectivity index (χ2n) is 5.45. The van der Waals surface area contributed by atoms with Gasteiger partial charge in [0.05, 0.1) is 18.8 Å². The first-order chi connectivity index (χ1) is 8.11. The molecular weight excluding hydrogens is 238 g/mol. The molecular formula is C12H23NO5. The van der Waals surface area contributed by atoms with E-state index >= 15 is 0 Å². The first-order valence-electron chi connectivity index (χ1n) is 5.92. The number of alkyl carbamates (subject to hydrolysis) is 1. The molecule has 6 heteroatoms. The largest absolute Gasteiger partial charge is 0.480 e. The molecule has 6 nitrogen and oxygen atoms in total. The molecule has 0 radical (unpaired) electrons. The fraction of sp³-hybridized carbons (Fsp3) is 0.833. The van der Waals surface area contributed by atoms with E-state index in [2.05, 4.69) is 5.32 Å². The van der Waals surface area contributed by atoms with Gasteiger partial charge in [-0.1, -0.05) is 13.8 Å². The minimum absolute atomic E-state index is 0.102. The molecule has 0 aromatic carbocycles. The van der Waals surface area contributed by atoms with E-state index in [-0.39, 0.29) is 19.1 Å². The Morgan fingerprint density at radius 1 is 1.22 bits per heavy atom. The van der Waals surface area contributed by atoms with Crippen LogP contribution in [0.4, 0.5) is 4.79 Å². The van der Waals surface area contributed by atoms with Gasteiger partial charge in [-0.15, -0.1) is 0 Å². The highest BCUT2D eigenvalue weighted by molar-refractivity contribution is 5.79. The third kappa shape index (κ3) is 8.81. The normalized spacial score (nSPS) is 13.2. The predicted octanol–water partition coefficient (Wildman–Crippen LogP) is 1.64. The lowest BCUT2D eigenvalue weighted by molar-refractivity contribution is -0.142. The van der Waals surface area contributed by atoms with Crippen molar-refractivity contribution in [3.63, 3.8) is 0 Å². The highest BCUT2D eigenvalue weighted by atomic mass is 16.6. The minimum Gasteiger partial charge on any atom is -0.480 e. The van der Waals surface area contributed by atoms with Crippen LogP contribution < -0.4 is 5.32 Å². The number of carbonyl (C=O) groups is 2. The van der Waals surface area contributed by atoms with E-state index in [1.807, 2.05) is 34.6 Å². The zero-order valence-corrected chi connectivity index (χ0v) is 11.6. The maximum atomic E-state index is 11.3. The highest BCUT2D eigenvalue weighted by Gasteiger charge is 2.23. The Hall–Kier alpha value is -1.30. The van der Waals surface area contributed by atoms with E-state index in [9.17, 15) is 9.59 Å². The number of rotatable bonds is 6. The van der Waals surface area contributed by atoms with Crippen LogP contribution in [0.5, 0.6) is 0 Å². The third-order valence-corrected chi connectivity index (χ3v) is 1.82. The number of hydrogen-bond donors (Lipinski definition) is 2. The monoisotopic (exact) mass is 261 g/mol. The number of carboxylic acids is 1. The second-order valence-corrected chi connectivity index (χ2v) is 5.45. The van der Waals surface area contributed by atoms with Gasteiger partial charge in [-0.2, -0.15) is 0 Å². The molecule has 1 amide bonds. The molecule has 0 aliphatic heterocycles. The van der Waals surface area contributed by atoms with Crippen molar-refractivity contribution in [2.75, 3.05) is 13.2 Å². The lowest BCUT2D eigenvalue weighted by Crippen LogP contribution is -2.45. The average molecular weight is 261 g/mol. The van der Waals surface area contributed by atoms with Crippen LogP contribution in [0.1, 0.15) is 34.6 Å². The van der Waals surface area contributed by atoms with Crippen LogP contribution in [0.25, 0.3) is 0 Å². The van der Waals surface area contributed by atoms with E-state index in [4.69, 9.17) is 14.6 Å². The van der Waals surface area contributed by atoms with Crippen molar-refractivity contribution >= 4 is 12.1 Å². The van der Waals surface area contributed by atoms with E-state index in [1.165, 1.54) is 0 Å². The maximum Gasteiger partial charge on any atom is 0.407 e. The van der Waals surface area contributed by atoms with Gasteiger partial charge in [0.1, 0.15) is 0 Å². The molecule has 0 spiro atoms. The summed E-state index contributed by atoms with van der Waals surface area (Å²) < 4.78 is 10.2. The van der Waals surface area contributed by atoms with Gasteiger partial charge in [0.25, 0.3) is 0 Å². The van der Waals surface area contributed by atoms with Crippen molar-refractivity contribution in [1.82, 2.24) is 5.32 Å². The Bertz CT molecular complexity index is 283. The van der Waals surface area contributed by atoms with Gasteiger partial charge in [-0.05, 0) is 26.7 Å². The zero-order chi connectivity index (χ0) is 14.3. The fourth-order valence-electron chi connectivity index (χ4n) is 0.934. The minimum atomic E-state index is -1.15. The summed E-state index contributed by atoms with van der Waals surface area (Å²) >= 11 is 0. The van der Waals surface area contributed by atoms with Crippen LogP contribution in [0.3, 0.4) is 0 Å². The smallest absolute Gasteiger partial charge is 0.407 e. The summed E-state index contributed by atoms with van der Waals surface area (Å²) in [7, 11) is 0. The molecule has 2 N–H and O–H groups in total. The molecule has 0 heterocycles. The SMILES string of the molecule is CC(C)COC(=O)NC(COC(C)(C)C)C(=O)O. The van der Waals surface area contributed by atoms with Gasteiger partial charge < -0.3 is 19.9 Å². The molecule has 0 aliphatic rings. The molecule has 0 saturated carbocycles. The number of aliphatic carboxylic acids is 1. The molecule has 18 heavy (non-hydrogen) atoms. The summed E-state index contributed by atoms with van der Waals surface area (Å²) in [5, 5.41) is 11.2. The van der Waals surface area contributed by atoms with Gasteiger partial charge in [-0.3, -0.25) is 0 Å². The Morgan fingerprint density at radius 3 is 2.17 bits per heavy atom. The van der Waals surface area contributed by atoms with Crippen LogP contribution in [-0.2, 0) is 14.3 Å². The van der Waals surface area contributed by atoms with Gasteiger partial charge in [0, 0.05) is 0 Å². The molecule has 0 rings (SSSR count). The van der Waals surface area contributed by atoms with Crippen molar-refractivity contribution in [3.05, 3.63) is 0 Å². The number of carbonyl (C=O) groups excluding carboxylic acids is 1. The fourth-order valence-corrected chi connectivity index (χ4v) is 0.934. The summed E-state index contributed by atoms with van der Waals surface area (Å²) in [5.41, 5.74) is -0.461. The molecule has 0 bridgehead atoms. The van der Waals surface area contributed by atoms with Crippen molar-refractivity contribution < 1.29 is 24.2 Å². The summed E-state index contributed by atoms with van der Waals surface area (Å²) in [6.07, 6.45) is -0.742. The molecule has 0 aliphatic carbocycles. The number of carboxylic acid groups (broad SMARTS) is 1. The quantitative estimate of drug-likeness (QED) is 0.759. The Labute approximate surface area is 108 Å². The van der Waals surface area contributed by atoms with Crippen molar-refractivity contribution in [2.45, 2.75) is 46.3 Å². The molecule has 0 saturated heterocycles. The summed E-state index contributed by atoms with van der Waals surface area (Å²) in [6.45, 7) is 9.36. The van der Waals surface area contributed by atoms with Gasteiger partial charge in [0.15, 0.2) is 6.04 Å². The number of ether oxygens (including phenoxy) is 2. The standard InChI is InChI=1S/C12H23NO5/c1-8(2)6-17-11(16)13-9(10(14)15)7-18-12(3,4)5/h8-9H,6-7H2,1-5H3,(H,13,16)(H,14,15). The maximum absolute atomic E-state index is 11.3. The Balaban J connectivity index is 4.19. The van der Waals surface area contributed by atoms with Crippen LogP contribution in [0.2, 0.25) is 0 Å². The van der Waals surface area contributed by atoms with E-state index in [0.29, 0.717) is 0 Å². The second kappa shape index (κ2) is 7.20. The molecule has 0 aromatic heterocycles. The molecule has 0 fully saturated rings. The van der Waals surface area contributed by atoms with Crippen molar-refractivity contribution in [1.29, 1.82) is 0 Å². The average Bonchev–Trinajstić information content (AvgIpc) is 2.19. The summed E-state index contributed by atoms with van der Waals surface area (Å²) in [4.78, 5) is 22.3. The molecule has 1 unspecified atom stereocenters. The lowest BCUT2D eigenvalue weighted by Gasteiger charge is -2.23. The van der Waals surface area contributed by atoms with Gasteiger partial charge >= 0.3 is 12.1 Å². The topological polar surface area (TPSA) is 84.9 Å². The van der Waals surface area contributed by atoms with Gasteiger partial charge in [0.2, 0.25) is 0 Å². The lowest BCUT2D eigenvalue weighted by atomic mass is 10.2. The number of nitrogens with one attached hydrogen (secondary N) is 1. The van der Waals surface area contributed by atoms with Crippen molar-refractivity contribution in [2.24, 2.45) is 5.92 Å². The predicted molar refractivity (Wildman–Crippen MR) is 66.5 cm³/mol. The van der Waals surface area contributed by atoms with Crippen molar-refractivity contribution in [3.8, 4) is 0 Å². The number of amides is 1.